The van der Waals surface area contributed by atoms with Gasteiger partial charge in [0.25, 0.3) is 0 Å². The van der Waals surface area contributed by atoms with Crippen molar-refractivity contribution in [3.63, 3.8) is 0 Å². The number of carbonyl (C=O) groups is 1. The van der Waals surface area contributed by atoms with Crippen LogP contribution in [-0.4, -0.2) is 36.5 Å². The maximum atomic E-state index is 11.6. The molecule has 0 aromatic rings. The molecule has 1 aliphatic heterocycles. The topological polar surface area (TPSA) is 41.1 Å². The summed E-state index contributed by atoms with van der Waals surface area (Å²) in [6.45, 7) is 6.86. The second-order valence-corrected chi connectivity index (χ2v) is 5.88. The molecule has 1 amide bonds. The van der Waals surface area contributed by atoms with E-state index in [1.54, 1.807) is 11.8 Å². The van der Waals surface area contributed by atoms with Crippen molar-refractivity contribution in [3.05, 3.63) is 0 Å². The van der Waals surface area contributed by atoms with E-state index in [1.807, 2.05) is 0 Å². The normalized spacial score (nSPS) is 22.4. The molecule has 1 rings (SSSR count). The number of rotatable bonds is 4. The van der Waals surface area contributed by atoms with Gasteiger partial charge in [0.1, 0.15) is 0 Å². The SMILES string of the molecule is CSC(C)(C)CNC(=O)[C@@H]1CCNC1. The van der Waals surface area contributed by atoms with Gasteiger partial charge in [0.15, 0.2) is 0 Å². The molecule has 3 nitrogen and oxygen atoms in total. The van der Waals surface area contributed by atoms with E-state index < -0.39 is 0 Å². The Bertz CT molecular complexity index is 200. The van der Waals surface area contributed by atoms with Crippen LogP contribution in [0.4, 0.5) is 0 Å². The highest BCUT2D eigenvalue weighted by molar-refractivity contribution is 7.99. The third-order valence-electron chi connectivity index (χ3n) is 2.67. The summed E-state index contributed by atoms with van der Waals surface area (Å²) < 4.78 is 0.141. The zero-order valence-corrected chi connectivity index (χ0v) is 10.0. The fourth-order valence-electron chi connectivity index (χ4n) is 1.39. The summed E-state index contributed by atoms with van der Waals surface area (Å²) in [5.41, 5.74) is 0. The Morgan fingerprint density at radius 3 is 2.86 bits per heavy atom. The average molecular weight is 216 g/mol. The quantitative estimate of drug-likeness (QED) is 0.732. The van der Waals surface area contributed by atoms with E-state index in [1.165, 1.54) is 0 Å². The molecule has 1 aliphatic rings. The number of nitrogens with one attached hydrogen (secondary N) is 2. The first-order chi connectivity index (χ1) is 6.55. The van der Waals surface area contributed by atoms with Gasteiger partial charge in [0, 0.05) is 17.8 Å². The smallest absolute Gasteiger partial charge is 0.224 e. The molecular formula is C10H20N2OS. The molecule has 82 valence electrons. The molecule has 0 aromatic heterocycles. The van der Waals surface area contributed by atoms with E-state index in [0.717, 1.165) is 26.1 Å². The van der Waals surface area contributed by atoms with Gasteiger partial charge in [-0.3, -0.25) is 4.79 Å². The molecule has 1 atom stereocenters. The highest BCUT2D eigenvalue weighted by Gasteiger charge is 2.24. The Labute approximate surface area is 90.4 Å². The molecule has 0 bridgehead atoms. The van der Waals surface area contributed by atoms with Crippen LogP contribution in [0.1, 0.15) is 20.3 Å². The number of carbonyl (C=O) groups excluding carboxylic acids is 1. The lowest BCUT2D eigenvalue weighted by Crippen LogP contribution is -2.39. The lowest BCUT2D eigenvalue weighted by atomic mass is 10.1. The average Bonchev–Trinajstić information content (AvgIpc) is 2.67. The number of hydrogen-bond acceptors (Lipinski definition) is 3. The number of amides is 1. The lowest BCUT2D eigenvalue weighted by molar-refractivity contribution is -0.124. The van der Waals surface area contributed by atoms with Crippen LogP contribution in [0.5, 0.6) is 0 Å². The zero-order chi connectivity index (χ0) is 10.6. The molecule has 0 spiro atoms. The zero-order valence-electron chi connectivity index (χ0n) is 9.22. The van der Waals surface area contributed by atoms with Gasteiger partial charge in [0.2, 0.25) is 5.91 Å². The Kier molecular flexibility index (Phi) is 4.26. The standard InChI is InChI=1S/C10H20N2OS/c1-10(2,14-3)7-12-9(13)8-4-5-11-6-8/h8,11H,4-7H2,1-3H3,(H,12,13)/t8-/m1/s1. The Morgan fingerprint density at radius 2 is 2.36 bits per heavy atom. The first-order valence-electron chi connectivity index (χ1n) is 5.09. The third kappa shape index (κ3) is 3.50. The maximum Gasteiger partial charge on any atom is 0.224 e. The van der Waals surface area contributed by atoms with Gasteiger partial charge in [0.05, 0.1) is 5.92 Å². The monoisotopic (exact) mass is 216 g/mol. The second-order valence-electron chi connectivity index (χ2n) is 4.37. The molecule has 1 fully saturated rings. The minimum atomic E-state index is 0.141. The largest absolute Gasteiger partial charge is 0.354 e. The number of thioether (sulfide) groups is 1. The Balaban J connectivity index is 2.27. The highest BCUT2D eigenvalue weighted by Crippen LogP contribution is 2.19. The fraction of sp³-hybridized carbons (Fsp3) is 0.900. The minimum absolute atomic E-state index is 0.141. The summed E-state index contributed by atoms with van der Waals surface area (Å²) >= 11 is 1.78. The molecular weight excluding hydrogens is 196 g/mol. The van der Waals surface area contributed by atoms with Crippen LogP contribution in [0.15, 0.2) is 0 Å². The van der Waals surface area contributed by atoms with E-state index >= 15 is 0 Å². The van der Waals surface area contributed by atoms with Gasteiger partial charge in [-0.15, -0.1) is 0 Å². The predicted octanol–water partition coefficient (Wildman–Crippen LogP) is 0.854. The summed E-state index contributed by atoms with van der Waals surface area (Å²) in [6.07, 6.45) is 3.05. The third-order valence-corrected chi connectivity index (χ3v) is 3.92. The van der Waals surface area contributed by atoms with E-state index in [4.69, 9.17) is 0 Å². The van der Waals surface area contributed by atoms with Crippen molar-refractivity contribution in [2.24, 2.45) is 5.92 Å². The van der Waals surface area contributed by atoms with Crippen molar-refractivity contribution in [1.29, 1.82) is 0 Å². The van der Waals surface area contributed by atoms with Gasteiger partial charge in [-0.25, -0.2) is 0 Å². The molecule has 1 heterocycles. The first-order valence-corrected chi connectivity index (χ1v) is 6.31. The Morgan fingerprint density at radius 1 is 1.64 bits per heavy atom. The van der Waals surface area contributed by atoms with Gasteiger partial charge in [-0.05, 0) is 33.1 Å². The van der Waals surface area contributed by atoms with Crippen LogP contribution < -0.4 is 10.6 Å². The van der Waals surface area contributed by atoms with Gasteiger partial charge in [-0.1, -0.05) is 0 Å². The van der Waals surface area contributed by atoms with Crippen molar-refractivity contribution in [1.82, 2.24) is 10.6 Å². The van der Waals surface area contributed by atoms with E-state index in [9.17, 15) is 4.79 Å². The van der Waals surface area contributed by atoms with Crippen molar-refractivity contribution >= 4 is 17.7 Å². The molecule has 4 heteroatoms. The molecule has 0 unspecified atom stereocenters. The maximum absolute atomic E-state index is 11.6. The highest BCUT2D eigenvalue weighted by atomic mass is 32.2. The van der Waals surface area contributed by atoms with Gasteiger partial charge in [-0.2, -0.15) is 11.8 Å². The molecule has 2 N–H and O–H groups in total. The van der Waals surface area contributed by atoms with Crippen LogP contribution in [0.3, 0.4) is 0 Å². The molecule has 0 radical (unpaired) electrons. The van der Waals surface area contributed by atoms with Crippen molar-refractivity contribution in [2.45, 2.75) is 25.0 Å². The fourth-order valence-corrected chi connectivity index (χ4v) is 1.61. The van der Waals surface area contributed by atoms with Crippen LogP contribution >= 0.6 is 11.8 Å². The lowest BCUT2D eigenvalue weighted by Gasteiger charge is -2.23. The minimum Gasteiger partial charge on any atom is -0.354 e. The van der Waals surface area contributed by atoms with Crippen molar-refractivity contribution in [2.75, 3.05) is 25.9 Å². The van der Waals surface area contributed by atoms with Crippen molar-refractivity contribution < 1.29 is 4.79 Å². The summed E-state index contributed by atoms with van der Waals surface area (Å²) in [5.74, 6) is 0.393. The van der Waals surface area contributed by atoms with Crippen LogP contribution in [0.25, 0.3) is 0 Å². The van der Waals surface area contributed by atoms with E-state index in [2.05, 4.69) is 30.7 Å². The van der Waals surface area contributed by atoms with Gasteiger partial charge < -0.3 is 10.6 Å². The molecule has 0 aromatic carbocycles. The molecule has 14 heavy (non-hydrogen) atoms. The van der Waals surface area contributed by atoms with Crippen molar-refractivity contribution in [3.8, 4) is 0 Å². The predicted molar refractivity (Wildman–Crippen MR) is 61.6 cm³/mol. The summed E-state index contributed by atoms with van der Waals surface area (Å²) in [7, 11) is 0. The van der Waals surface area contributed by atoms with Crippen LogP contribution in [-0.2, 0) is 4.79 Å². The van der Waals surface area contributed by atoms with E-state index in [-0.39, 0.29) is 16.6 Å². The molecule has 0 aliphatic carbocycles. The summed E-state index contributed by atoms with van der Waals surface area (Å²) in [4.78, 5) is 11.6. The first kappa shape index (κ1) is 11.9. The molecule has 1 saturated heterocycles. The second kappa shape index (κ2) is 5.03. The number of hydrogen-bond donors (Lipinski definition) is 2. The van der Waals surface area contributed by atoms with Crippen LogP contribution in [0, 0.1) is 5.92 Å². The Hall–Kier alpha value is -0.220. The van der Waals surface area contributed by atoms with Gasteiger partial charge >= 0.3 is 0 Å². The molecule has 0 saturated carbocycles. The van der Waals surface area contributed by atoms with Crippen LogP contribution in [0.2, 0.25) is 0 Å². The summed E-state index contributed by atoms with van der Waals surface area (Å²) in [6, 6.07) is 0. The summed E-state index contributed by atoms with van der Waals surface area (Å²) in [5, 5.41) is 6.21. The van der Waals surface area contributed by atoms with E-state index in [0.29, 0.717) is 0 Å².